The van der Waals surface area contributed by atoms with Gasteiger partial charge in [0.25, 0.3) is 0 Å². The van der Waals surface area contributed by atoms with E-state index >= 15 is 0 Å². The van der Waals surface area contributed by atoms with Crippen LogP contribution in [0.15, 0.2) is 84.6 Å². The number of allylic oxidation sites excluding steroid dienone is 13. The monoisotopic (exact) mass is 282 g/mol. The molecule has 0 aliphatic carbocycles. The predicted molar refractivity (Wildman–Crippen MR) is 98.3 cm³/mol. The van der Waals surface area contributed by atoms with E-state index in [1.165, 1.54) is 11.1 Å². The molecule has 0 saturated carbocycles. The first kappa shape index (κ1) is 19.2. The Labute approximate surface area is 131 Å². The van der Waals surface area contributed by atoms with Crippen LogP contribution in [0.1, 0.15) is 41.0 Å². The van der Waals surface area contributed by atoms with Gasteiger partial charge in [-0.25, -0.2) is 0 Å². The highest BCUT2D eigenvalue weighted by Gasteiger charge is 2.24. The smallest absolute Gasteiger partial charge is 0.0498 e. The highest BCUT2D eigenvalue weighted by Crippen LogP contribution is 2.36. The van der Waals surface area contributed by atoms with Crippen molar-refractivity contribution >= 4 is 0 Å². The van der Waals surface area contributed by atoms with Crippen LogP contribution in [0.25, 0.3) is 0 Å². The molecule has 0 aromatic carbocycles. The molecule has 0 aliphatic heterocycles. The van der Waals surface area contributed by atoms with E-state index in [1.807, 2.05) is 19.1 Å². The lowest BCUT2D eigenvalue weighted by molar-refractivity contribution is 0.763. The lowest BCUT2D eigenvalue weighted by Crippen LogP contribution is -2.15. The van der Waals surface area contributed by atoms with Crippen molar-refractivity contribution in [3.8, 4) is 0 Å². The molecule has 0 aromatic rings. The van der Waals surface area contributed by atoms with Crippen LogP contribution in [-0.2, 0) is 0 Å². The summed E-state index contributed by atoms with van der Waals surface area (Å²) in [5.74, 6) is 0. The maximum atomic E-state index is 3.81. The molecule has 0 heteroatoms. The van der Waals surface area contributed by atoms with Gasteiger partial charge in [0.1, 0.15) is 0 Å². The molecule has 0 rings (SSSR count). The largest absolute Gasteiger partial charge is 0.0991 e. The molecule has 0 amide bonds. The lowest BCUT2D eigenvalue weighted by atomic mass is 9.77. The third-order valence-electron chi connectivity index (χ3n) is 3.19. The van der Waals surface area contributed by atoms with E-state index in [-0.39, 0.29) is 5.41 Å². The Morgan fingerprint density at radius 3 is 2.19 bits per heavy atom. The Morgan fingerprint density at radius 1 is 1.05 bits per heavy atom. The van der Waals surface area contributed by atoms with Gasteiger partial charge < -0.3 is 0 Å². The van der Waals surface area contributed by atoms with Crippen molar-refractivity contribution in [2.24, 2.45) is 5.41 Å². The fraction of sp³-hybridized carbons (Fsp3) is 0.333. The van der Waals surface area contributed by atoms with E-state index in [2.05, 4.69) is 89.0 Å². The second-order valence-electron chi connectivity index (χ2n) is 4.97. The van der Waals surface area contributed by atoms with Gasteiger partial charge in [-0.15, -0.1) is 0 Å². The molecule has 0 spiro atoms. The van der Waals surface area contributed by atoms with Crippen molar-refractivity contribution in [3.63, 3.8) is 0 Å². The van der Waals surface area contributed by atoms with Crippen molar-refractivity contribution in [3.05, 3.63) is 84.6 Å². The minimum atomic E-state index is -0.227. The molecule has 21 heavy (non-hydrogen) atoms. The van der Waals surface area contributed by atoms with Crippen LogP contribution >= 0.6 is 0 Å². The highest BCUT2D eigenvalue weighted by molar-refractivity contribution is 5.45. The minimum Gasteiger partial charge on any atom is -0.0991 e. The Hall–Kier alpha value is -1.82. The molecule has 0 bridgehead atoms. The summed E-state index contributed by atoms with van der Waals surface area (Å²) in [6.45, 7) is 14.3. The summed E-state index contributed by atoms with van der Waals surface area (Å²) in [6.07, 6.45) is 24.5. The van der Waals surface area contributed by atoms with E-state index in [0.29, 0.717) is 0 Å². The average Bonchev–Trinajstić information content (AvgIpc) is 2.48. The average molecular weight is 282 g/mol. The summed E-state index contributed by atoms with van der Waals surface area (Å²) < 4.78 is 0. The van der Waals surface area contributed by atoms with E-state index in [1.54, 1.807) is 0 Å². The zero-order chi connectivity index (χ0) is 16.1. The van der Waals surface area contributed by atoms with Gasteiger partial charge in [-0.1, -0.05) is 85.9 Å². The van der Waals surface area contributed by atoms with Gasteiger partial charge in [-0.05, 0) is 39.7 Å². The topological polar surface area (TPSA) is 0 Å². The number of hydrogen-bond acceptors (Lipinski definition) is 0. The van der Waals surface area contributed by atoms with Crippen LogP contribution in [0.4, 0.5) is 0 Å². The Bertz CT molecular complexity index is 478. The Morgan fingerprint density at radius 2 is 1.71 bits per heavy atom. The van der Waals surface area contributed by atoms with Crippen LogP contribution in [-0.4, -0.2) is 0 Å². The second-order valence-corrected chi connectivity index (χ2v) is 4.97. The van der Waals surface area contributed by atoms with Crippen LogP contribution in [0, 0.1) is 5.41 Å². The maximum absolute atomic E-state index is 3.81. The molecule has 0 N–H and O–H groups in total. The van der Waals surface area contributed by atoms with Gasteiger partial charge in [-0.3, -0.25) is 0 Å². The van der Waals surface area contributed by atoms with Gasteiger partial charge in [0, 0.05) is 5.41 Å². The standard InChI is InChI=1S/C21H30/c1-7-12-16-21(17-13-8-2,18-19(6)14-9-3)20(11-5)15-10-4/h7,9-18H,1,8H2,2-6H3. The molecule has 1 unspecified atom stereocenters. The lowest BCUT2D eigenvalue weighted by Gasteiger charge is -2.26. The van der Waals surface area contributed by atoms with Crippen molar-refractivity contribution in [1.82, 2.24) is 0 Å². The van der Waals surface area contributed by atoms with E-state index in [4.69, 9.17) is 0 Å². The molecular weight excluding hydrogens is 252 g/mol. The first-order chi connectivity index (χ1) is 10.1. The van der Waals surface area contributed by atoms with Crippen molar-refractivity contribution in [2.45, 2.75) is 41.0 Å². The molecule has 0 saturated heterocycles. The molecule has 1 atom stereocenters. The summed E-state index contributed by atoms with van der Waals surface area (Å²) in [5.41, 5.74) is 2.28. The first-order valence-corrected chi connectivity index (χ1v) is 7.69. The molecule has 114 valence electrons. The molecule has 0 aliphatic rings. The molecule has 0 aromatic heterocycles. The summed E-state index contributed by atoms with van der Waals surface area (Å²) >= 11 is 0. The molecule has 0 fully saturated rings. The van der Waals surface area contributed by atoms with Crippen LogP contribution < -0.4 is 0 Å². The zero-order valence-corrected chi connectivity index (χ0v) is 14.3. The zero-order valence-electron chi connectivity index (χ0n) is 14.3. The van der Waals surface area contributed by atoms with Crippen LogP contribution in [0.5, 0.6) is 0 Å². The summed E-state index contributed by atoms with van der Waals surface area (Å²) in [6, 6.07) is 0. The summed E-state index contributed by atoms with van der Waals surface area (Å²) in [5, 5.41) is 0. The fourth-order valence-corrected chi connectivity index (χ4v) is 2.33. The summed E-state index contributed by atoms with van der Waals surface area (Å²) in [7, 11) is 0. The quantitative estimate of drug-likeness (QED) is 0.342. The van der Waals surface area contributed by atoms with E-state index in [0.717, 1.165) is 6.42 Å². The molecule has 0 radical (unpaired) electrons. The van der Waals surface area contributed by atoms with Gasteiger partial charge >= 0.3 is 0 Å². The predicted octanol–water partition coefficient (Wildman–Crippen LogP) is 6.73. The third kappa shape index (κ3) is 6.44. The first-order valence-electron chi connectivity index (χ1n) is 7.69. The number of hydrogen-bond donors (Lipinski definition) is 0. The van der Waals surface area contributed by atoms with E-state index < -0.39 is 0 Å². The normalized spacial score (nSPS) is 17.4. The molecule has 0 heterocycles. The van der Waals surface area contributed by atoms with Crippen molar-refractivity contribution in [2.75, 3.05) is 0 Å². The van der Waals surface area contributed by atoms with E-state index in [9.17, 15) is 0 Å². The molecule has 0 nitrogen and oxygen atoms in total. The highest BCUT2D eigenvalue weighted by atomic mass is 14.3. The van der Waals surface area contributed by atoms with Crippen molar-refractivity contribution in [1.29, 1.82) is 0 Å². The van der Waals surface area contributed by atoms with Crippen molar-refractivity contribution < 1.29 is 0 Å². The van der Waals surface area contributed by atoms with Gasteiger partial charge in [0.15, 0.2) is 0 Å². The number of rotatable bonds is 8. The van der Waals surface area contributed by atoms with Crippen LogP contribution in [0.3, 0.4) is 0 Å². The minimum absolute atomic E-state index is 0.227. The molecular formula is C21H30. The van der Waals surface area contributed by atoms with Gasteiger partial charge in [-0.2, -0.15) is 0 Å². The van der Waals surface area contributed by atoms with Crippen LogP contribution in [0.2, 0.25) is 0 Å². The third-order valence-corrected chi connectivity index (χ3v) is 3.19. The second kappa shape index (κ2) is 10.9. The SMILES string of the molecule is C=CC=CC(C=CCC)(C=C(C)C=CC)C(C=CC)=CC. The van der Waals surface area contributed by atoms with Gasteiger partial charge in [0.2, 0.25) is 0 Å². The maximum Gasteiger partial charge on any atom is 0.0498 e. The van der Waals surface area contributed by atoms with Gasteiger partial charge in [0.05, 0.1) is 0 Å². The Balaban J connectivity index is 6.21. The Kier molecular flexibility index (Phi) is 9.96. The summed E-state index contributed by atoms with van der Waals surface area (Å²) in [4.78, 5) is 0. The fourth-order valence-electron chi connectivity index (χ4n) is 2.33.